The number of carbonyl (C=O) groups is 5. The average Bonchev–Trinajstić information content (AvgIpc) is 3.56. The number of ether oxygens (including phenoxy) is 4. The van der Waals surface area contributed by atoms with Gasteiger partial charge in [0.25, 0.3) is 17.7 Å². The third-order valence-corrected chi connectivity index (χ3v) is 10.7. The minimum Gasteiger partial charge on any atom is -0.496 e. The molecule has 0 saturated carbocycles. The Hall–Kier alpha value is -6.58. The largest absolute Gasteiger partial charge is 0.496 e. The Bertz CT molecular complexity index is 2330. The monoisotopic (exact) mass is 822 g/mol. The van der Waals surface area contributed by atoms with Gasteiger partial charge < -0.3 is 40.2 Å². The molecule has 0 fully saturated rings. The second-order valence-electron chi connectivity index (χ2n) is 12.4. The smallest absolute Gasteiger partial charge is 0.341 e. The number of rotatable bonds is 16. The lowest BCUT2D eigenvalue weighted by Gasteiger charge is -2.15. The summed E-state index contributed by atoms with van der Waals surface area (Å²) < 4.78 is 21.7. The molecule has 1 aromatic heterocycles. The van der Waals surface area contributed by atoms with Crippen LogP contribution in [0.2, 0.25) is 0 Å². The molecule has 0 radical (unpaired) electrons. The molecule has 1 heterocycles. The first-order chi connectivity index (χ1) is 28.0. The Kier molecular flexibility index (Phi) is 14.7. The van der Waals surface area contributed by atoms with E-state index < -0.39 is 34.8 Å². The zero-order valence-corrected chi connectivity index (χ0v) is 34.2. The van der Waals surface area contributed by atoms with Crippen LogP contribution in [0.4, 0.5) is 16.4 Å². The standard InChI is InChI=1S/C43H42N4O9S2/c1-7-56-43(52)36-25(2)37(41(51)44-29-17-12-9-13-18-29)58-42(36)47-38(48)26(3)57-31-20-14-19-30(23-31)45-40(50)32(46-39(49)27-15-10-8-11-16-27)21-28-22-34(54-5)35(55-6)24-33(28)53-4/h8-24,26H,7H2,1-6H3,(H,44,51)(H,45,50)(H,46,49)(H,47,48)/b32-21+. The van der Waals surface area contributed by atoms with Crippen LogP contribution in [0, 0.1) is 6.92 Å². The zero-order valence-electron chi connectivity index (χ0n) is 32.6. The lowest BCUT2D eigenvalue weighted by Crippen LogP contribution is -2.30. The summed E-state index contributed by atoms with van der Waals surface area (Å²) in [4.78, 5) is 67.9. The number of hydrogen-bond donors (Lipinski definition) is 4. The summed E-state index contributed by atoms with van der Waals surface area (Å²) >= 11 is 2.19. The molecule has 4 aromatic carbocycles. The van der Waals surface area contributed by atoms with Gasteiger partial charge in [0.2, 0.25) is 5.91 Å². The number of thiophene rings is 1. The number of hydrogen-bond acceptors (Lipinski definition) is 11. The van der Waals surface area contributed by atoms with Crippen molar-refractivity contribution in [2.45, 2.75) is 30.9 Å². The molecule has 0 aliphatic heterocycles. The summed E-state index contributed by atoms with van der Waals surface area (Å²) in [5.41, 5.74) is 2.13. The first-order valence-electron chi connectivity index (χ1n) is 17.9. The van der Waals surface area contributed by atoms with Gasteiger partial charge in [0, 0.05) is 33.5 Å². The van der Waals surface area contributed by atoms with Gasteiger partial charge in [-0.25, -0.2) is 4.79 Å². The van der Waals surface area contributed by atoms with E-state index in [-0.39, 0.29) is 27.7 Å². The van der Waals surface area contributed by atoms with E-state index in [0.717, 1.165) is 11.3 Å². The number of esters is 1. The van der Waals surface area contributed by atoms with Crippen molar-refractivity contribution in [3.05, 3.63) is 130 Å². The molecule has 0 aliphatic carbocycles. The molecule has 4 amide bonds. The van der Waals surface area contributed by atoms with E-state index in [1.807, 2.05) is 6.07 Å². The predicted octanol–water partition coefficient (Wildman–Crippen LogP) is 8.04. The van der Waals surface area contributed by atoms with Crippen LogP contribution in [0.15, 0.2) is 108 Å². The van der Waals surface area contributed by atoms with Gasteiger partial charge in [-0.15, -0.1) is 23.1 Å². The number of carbonyl (C=O) groups excluding carboxylic acids is 5. The van der Waals surface area contributed by atoms with Crippen LogP contribution in [-0.4, -0.2) is 62.8 Å². The third kappa shape index (κ3) is 10.6. The van der Waals surface area contributed by atoms with Crippen LogP contribution in [0.5, 0.6) is 17.2 Å². The van der Waals surface area contributed by atoms with Crippen LogP contribution in [0.1, 0.15) is 55.4 Å². The Morgan fingerprint density at radius 2 is 1.38 bits per heavy atom. The zero-order chi connectivity index (χ0) is 41.8. The summed E-state index contributed by atoms with van der Waals surface area (Å²) in [5.74, 6) is -1.52. The highest BCUT2D eigenvalue weighted by Crippen LogP contribution is 2.37. The number of thioether (sulfide) groups is 1. The van der Waals surface area contributed by atoms with E-state index in [1.54, 1.807) is 112 Å². The minimum atomic E-state index is -0.692. The Morgan fingerprint density at radius 1 is 0.741 bits per heavy atom. The molecule has 1 unspecified atom stereocenters. The van der Waals surface area contributed by atoms with Crippen LogP contribution in [0.25, 0.3) is 6.08 Å². The normalized spacial score (nSPS) is 11.4. The molecule has 1 atom stereocenters. The van der Waals surface area contributed by atoms with Gasteiger partial charge in [0.05, 0.1) is 43.6 Å². The highest BCUT2D eigenvalue weighted by molar-refractivity contribution is 8.00. The fourth-order valence-electron chi connectivity index (χ4n) is 5.56. The van der Waals surface area contributed by atoms with Crippen LogP contribution in [0.3, 0.4) is 0 Å². The summed E-state index contributed by atoms with van der Waals surface area (Å²) in [5, 5.41) is 10.7. The lowest BCUT2D eigenvalue weighted by atomic mass is 10.1. The van der Waals surface area contributed by atoms with Crippen LogP contribution >= 0.6 is 23.1 Å². The molecule has 58 heavy (non-hydrogen) atoms. The van der Waals surface area contributed by atoms with E-state index in [9.17, 15) is 24.0 Å². The van der Waals surface area contributed by atoms with E-state index in [2.05, 4.69) is 21.3 Å². The van der Waals surface area contributed by atoms with Gasteiger partial charge >= 0.3 is 5.97 Å². The van der Waals surface area contributed by atoms with Gasteiger partial charge in [-0.2, -0.15) is 0 Å². The SMILES string of the molecule is CCOC(=O)c1c(NC(=O)C(C)Sc2cccc(NC(=O)/C(=C\c3cc(OC)c(OC)cc3OC)NC(=O)c3ccccc3)c2)sc(C(=O)Nc2ccccc2)c1C. The van der Waals surface area contributed by atoms with Crippen molar-refractivity contribution in [1.82, 2.24) is 5.32 Å². The molecule has 300 valence electrons. The Balaban J connectivity index is 1.35. The number of anilines is 3. The van der Waals surface area contributed by atoms with E-state index in [4.69, 9.17) is 18.9 Å². The average molecular weight is 823 g/mol. The summed E-state index contributed by atoms with van der Waals surface area (Å²) in [6.45, 7) is 5.10. The molecular formula is C43H42N4O9S2. The topological polar surface area (TPSA) is 170 Å². The summed E-state index contributed by atoms with van der Waals surface area (Å²) in [6, 6.07) is 27.4. The van der Waals surface area contributed by atoms with Gasteiger partial charge in [-0.1, -0.05) is 42.5 Å². The molecule has 4 N–H and O–H groups in total. The van der Waals surface area contributed by atoms with E-state index in [0.29, 0.717) is 50.2 Å². The van der Waals surface area contributed by atoms with Crippen molar-refractivity contribution in [2.75, 3.05) is 43.9 Å². The van der Waals surface area contributed by atoms with Gasteiger partial charge in [0.1, 0.15) is 16.4 Å². The molecule has 0 bridgehead atoms. The highest BCUT2D eigenvalue weighted by atomic mass is 32.2. The molecule has 0 saturated heterocycles. The molecular weight excluding hydrogens is 781 g/mol. The maximum absolute atomic E-state index is 13.9. The lowest BCUT2D eigenvalue weighted by molar-refractivity contribution is -0.115. The Morgan fingerprint density at radius 3 is 2.03 bits per heavy atom. The molecule has 0 spiro atoms. The van der Waals surface area contributed by atoms with Crippen molar-refractivity contribution >= 4 is 75.1 Å². The van der Waals surface area contributed by atoms with Crippen molar-refractivity contribution < 1.29 is 42.9 Å². The van der Waals surface area contributed by atoms with Crippen LogP contribution < -0.4 is 35.5 Å². The fraction of sp³-hybridized carbons (Fsp3) is 0.186. The number of amides is 4. The molecule has 15 heteroatoms. The van der Waals surface area contributed by atoms with Crippen molar-refractivity contribution in [2.24, 2.45) is 0 Å². The first-order valence-corrected chi connectivity index (χ1v) is 19.6. The minimum absolute atomic E-state index is 0.0920. The number of methoxy groups -OCH3 is 3. The van der Waals surface area contributed by atoms with Crippen molar-refractivity contribution in [1.29, 1.82) is 0 Å². The highest BCUT2D eigenvalue weighted by Gasteiger charge is 2.28. The molecule has 5 rings (SSSR count). The second kappa shape index (κ2) is 20.0. The van der Waals surface area contributed by atoms with Crippen LogP contribution in [-0.2, 0) is 14.3 Å². The first kappa shape index (κ1) is 42.6. The predicted molar refractivity (Wildman–Crippen MR) is 226 cm³/mol. The maximum Gasteiger partial charge on any atom is 0.341 e. The van der Waals surface area contributed by atoms with E-state index in [1.165, 1.54) is 39.2 Å². The molecule has 5 aromatic rings. The van der Waals surface area contributed by atoms with Gasteiger partial charge in [-0.3, -0.25) is 19.2 Å². The van der Waals surface area contributed by atoms with Gasteiger partial charge in [0.15, 0.2) is 11.5 Å². The summed E-state index contributed by atoms with van der Waals surface area (Å²) in [7, 11) is 4.43. The van der Waals surface area contributed by atoms with Gasteiger partial charge in [-0.05, 0) is 80.9 Å². The Labute approximate surface area is 344 Å². The summed E-state index contributed by atoms with van der Waals surface area (Å²) in [6.07, 6.45) is 1.47. The number of para-hydroxylation sites is 1. The molecule has 13 nitrogen and oxygen atoms in total. The van der Waals surface area contributed by atoms with Crippen molar-refractivity contribution in [3.8, 4) is 17.2 Å². The quantitative estimate of drug-likeness (QED) is 0.0434. The maximum atomic E-state index is 13.9. The van der Waals surface area contributed by atoms with Crippen molar-refractivity contribution in [3.63, 3.8) is 0 Å². The second-order valence-corrected chi connectivity index (χ2v) is 14.8. The van der Waals surface area contributed by atoms with E-state index >= 15 is 0 Å². The molecule has 0 aliphatic rings. The number of nitrogens with one attached hydrogen (secondary N) is 4. The fourth-order valence-corrected chi connectivity index (χ4v) is 7.58. The third-order valence-electron chi connectivity index (χ3n) is 8.44. The number of benzene rings is 4.